The van der Waals surface area contributed by atoms with Crippen molar-refractivity contribution in [3.63, 3.8) is 0 Å². The molecule has 0 saturated heterocycles. The summed E-state index contributed by atoms with van der Waals surface area (Å²) in [5.74, 6) is -0.192. The molecule has 2 rings (SSSR count). The first-order valence-corrected chi connectivity index (χ1v) is 6.29. The van der Waals surface area contributed by atoms with Gasteiger partial charge in [0.05, 0.1) is 0 Å². The molecule has 2 aromatic rings. The van der Waals surface area contributed by atoms with Crippen LogP contribution in [0, 0.1) is 5.82 Å². The largest absolute Gasteiger partial charge is 0.398 e. The van der Waals surface area contributed by atoms with Gasteiger partial charge in [-0.15, -0.1) is 0 Å². The summed E-state index contributed by atoms with van der Waals surface area (Å²) in [6.07, 6.45) is 0.773. The van der Waals surface area contributed by atoms with Gasteiger partial charge in [0.25, 0.3) is 0 Å². The van der Waals surface area contributed by atoms with Gasteiger partial charge in [-0.2, -0.15) is 0 Å². The Hall–Kier alpha value is -1.91. The van der Waals surface area contributed by atoms with Crippen molar-refractivity contribution in [2.24, 2.45) is 0 Å². The van der Waals surface area contributed by atoms with Gasteiger partial charge in [0.2, 0.25) is 0 Å². The molecule has 0 heterocycles. The van der Waals surface area contributed by atoms with Crippen LogP contribution in [0.15, 0.2) is 48.5 Å². The number of hydrazine groups is 1. The van der Waals surface area contributed by atoms with Gasteiger partial charge in [0.1, 0.15) is 5.82 Å². The highest BCUT2D eigenvalue weighted by Gasteiger charge is 1.97. The van der Waals surface area contributed by atoms with E-state index < -0.39 is 0 Å². The van der Waals surface area contributed by atoms with Crippen LogP contribution in [0.2, 0.25) is 0 Å². The van der Waals surface area contributed by atoms with Crippen LogP contribution in [-0.4, -0.2) is 6.54 Å². The molecule has 0 aliphatic heterocycles. The van der Waals surface area contributed by atoms with Crippen molar-refractivity contribution < 1.29 is 4.39 Å². The van der Waals surface area contributed by atoms with Crippen molar-refractivity contribution in [1.82, 2.24) is 10.9 Å². The molecule has 0 aromatic heterocycles. The van der Waals surface area contributed by atoms with Gasteiger partial charge in [-0.25, -0.2) is 4.39 Å². The fraction of sp³-hybridized carbons (Fsp3) is 0.200. The number of para-hydroxylation sites is 1. The number of halogens is 1. The number of rotatable bonds is 6. The fourth-order valence-corrected chi connectivity index (χ4v) is 1.84. The minimum absolute atomic E-state index is 0.192. The first kappa shape index (κ1) is 13.5. The average Bonchev–Trinajstić information content (AvgIpc) is 2.40. The van der Waals surface area contributed by atoms with Crippen molar-refractivity contribution in [2.75, 3.05) is 12.3 Å². The van der Waals surface area contributed by atoms with Gasteiger partial charge in [0, 0.05) is 18.8 Å². The molecule has 0 amide bonds. The number of nitrogen functional groups attached to an aromatic ring is 1. The van der Waals surface area contributed by atoms with Crippen molar-refractivity contribution in [2.45, 2.75) is 13.0 Å². The maximum absolute atomic E-state index is 13.0. The second-order valence-electron chi connectivity index (χ2n) is 4.36. The summed E-state index contributed by atoms with van der Waals surface area (Å²) < 4.78 is 13.0. The summed E-state index contributed by atoms with van der Waals surface area (Å²) in [5, 5.41) is 0. The van der Waals surface area contributed by atoms with E-state index in [0.29, 0.717) is 6.54 Å². The van der Waals surface area contributed by atoms with E-state index in [0.717, 1.165) is 29.8 Å². The van der Waals surface area contributed by atoms with Crippen LogP contribution in [0.1, 0.15) is 11.1 Å². The Morgan fingerprint density at radius 1 is 1.00 bits per heavy atom. The van der Waals surface area contributed by atoms with Crippen LogP contribution in [-0.2, 0) is 13.0 Å². The van der Waals surface area contributed by atoms with Gasteiger partial charge < -0.3 is 5.73 Å². The van der Waals surface area contributed by atoms with Crippen LogP contribution < -0.4 is 16.6 Å². The second kappa shape index (κ2) is 6.87. The monoisotopic (exact) mass is 259 g/mol. The number of nitrogens with one attached hydrogen (secondary N) is 2. The molecule has 0 bridgehead atoms. The predicted octanol–water partition coefficient (Wildman–Crippen LogP) is 2.24. The third kappa shape index (κ3) is 4.35. The SMILES string of the molecule is Nc1ccccc1CNNCCc1cccc(F)c1. The smallest absolute Gasteiger partial charge is 0.123 e. The summed E-state index contributed by atoms with van der Waals surface area (Å²) >= 11 is 0. The quantitative estimate of drug-likeness (QED) is 0.423. The molecule has 0 atom stereocenters. The molecular formula is C15H18FN3. The highest BCUT2D eigenvalue weighted by molar-refractivity contribution is 5.46. The first-order valence-electron chi connectivity index (χ1n) is 6.29. The molecule has 0 unspecified atom stereocenters. The Kier molecular flexibility index (Phi) is 4.89. The molecule has 0 radical (unpaired) electrons. The van der Waals surface area contributed by atoms with E-state index in [-0.39, 0.29) is 5.82 Å². The van der Waals surface area contributed by atoms with E-state index in [2.05, 4.69) is 10.9 Å². The number of benzene rings is 2. The topological polar surface area (TPSA) is 50.1 Å². The van der Waals surface area contributed by atoms with Gasteiger partial charge in [-0.05, 0) is 35.7 Å². The zero-order chi connectivity index (χ0) is 13.5. The lowest BCUT2D eigenvalue weighted by molar-refractivity contribution is 0.533. The Bertz CT molecular complexity index is 528. The molecule has 0 fully saturated rings. The summed E-state index contributed by atoms with van der Waals surface area (Å²) in [5.41, 5.74) is 14.9. The van der Waals surface area contributed by atoms with Crippen LogP contribution in [0.25, 0.3) is 0 Å². The van der Waals surface area contributed by atoms with Crippen LogP contribution >= 0.6 is 0 Å². The van der Waals surface area contributed by atoms with E-state index >= 15 is 0 Å². The average molecular weight is 259 g/mol. The van der Waals surface area contributed by atoms with Gasteiger partial charge >= 0.3 is 0 Å². The molecule has 0 spiro atoms. The Morgan fingerprint density at radius 2 is 1.84 bits per heavy atom. The minimum atomic E-state index is -0.192. The summed E-state index contributed by atoms with van der Waals surface area (Å²) in [4.78, 5) is 0. The molecular weight excluding hydrogens is 241 g/mol. The number of hydrogen-bond donors (Lipinski definition) is 3. The maximum Gasteiger partial charge on any atom is 0.123 e. The van der Waals surface area contributed by atoms with Crippen molar-refractivity contribution in [3.05, 3.63) is 65.5 Å². The third-order valence-corrected chi connectivity index (χ3v) is 2.89. The number of anilines is 1. The zero-order valence-electron chi connectivity index (χ0n) is 10.7. The normalized spacial score (nSPS) is 10.6. The highest BCUT2D eigenvalue weighted by Crippen LogP contribution is 2.09. The second-order valence-corrected chi connectivity index (χ2v) is 4.36. The van der Waals surface area contributed by atoms with Gasteiger partial charge in [-0.3, -0.25) is 10.9 Å². The van der Waals surface area contributed by atoms with E-state index in [4.69, 9.17) is 5.73 Å². The summed E-state index contributed by atoms with van der Waals surface area (Å²) in [6, 6.07) is 14.4. The van der Waals surface area contributed by atoms with E-state index in [1.165, 1.54) is 6.07 Å². The third-order valence-electron chi connectivity index (χ3n) is 2.89. The molecule has 2 aromatic carbocycles. The molecule has 19 heavy (non-hydrogen) atoms. The lowest BCUT2D eigenvalue weighted by atomic mass is 10.1. The van der Waals surface area contributed by atoms with Crippen molar-refractivity contribution in [3.8, 4) is 0 Å². The van der Waals surface area contributed by atoms with Crippen LogP contribution in [0.3, 0.4) is 0 Å². The van der Waals surface area contributed by atoms with E-state index in [1.807, 2.05) is 30.3 Å². The van der Waals surface area contributed by atoms with Gasteiger partial charge in [-0.1, -0.05) is 30.3 Å². The van der Waals surface area contributed by atoms with E-state index in [9.17, 15) is 4.39 Å². The Balaban J connectivity index is 1.69. The lowest BCUT2D eigenvalue weighted by Gasteiger charge is -2.09. The molecule has 0 saturated carbocycles. The molecule has 0 aliphatic carbocycles. The number of hydrogen-bond acceptors (Lipinski definition) is 3. The van der Waals surface area contributed by atoms with Crippen LogP contribution in [0.4, 0.5) is 10.1 Å². The molecule has 4 heteroatoms. The zero-order valence-corrected chi connectivity index (χ0v) is 10.7. The van der Waals surface area contributed by atoms with Crippen molar-refractivity contribution >= 4 is 5.69 Å². The highest BCUT2D eigenvalue weighted by atomic mass is 19.1. The van der Waals surface area contributed by atoms with Gasteiger partial charge in [0.15, 0.2) is 0 Å². The Morgan fingerprint density at radius 3 is 2.63 bits per heavy atom. The molecule has 0 aliphatic rings. The predicted molar refractivity (Wildman–Crippen MR) is 75.8 cm³/mol. The number of nitrogens with two attached hydrogens (primary N) is 1. The van der Waals surface area contributed by atoms with Crippen molar-refractivity contribution in [1.29, 1.82) is 0 Å². The molecule has 100 valence electrons. The standard InChI is InChI=1S/C15H18FN3/c16-14-6-3-4-12(10-14)8-9-18-19-11-13-5-1-2-7-15(13)17/h1-7,10,18-19H,8-9,11,17H2. The van der Waals surface area contributed by atoms with Crippen LogP contribution in [0.5, 0.6) is 0 Å². The molecule has 4 N–H and O–H groups in total. The Labute approximate surface area is 112 Å². The molecule has 3 nitrogen and oxygen atoms in total. The minimum Gasteiger partial charge on any atom is -0.398 e. The maximum atomic E-state index is 13.0. The first-order chi connectivity index (χ1) is 9.25. The fourth-order valence-electron chi connectivity index (χ4n) is 1.84. The summed E-state index contributed by atoms with van der Waals surface area (Å²) in [7, 11) is 0. The van der Waals surface area contributed by atoms with E-state index in [1.54, 1.807) is 12.1 Å². The lowest BCUT2D eigenvalue weighted by Crippen LogP contribution is -2.33. The summed E-state index contributed by atoms with van der Waals surface area (Å²) in [6.45, 7) is 1.39.